The van der Waals surface area contributed by atoms with Gasteiger partial charge in [0.1, 0.15) is 0 Å². The third-order valence-corrected chi connectivity index (χ3v) is 3.73. The lowest BCUT2D eigenvalue weighted by molar-refractivity contribution is -0.137. The fourth-order valence-electron chi connectivity index (χ4n) is 2.29. The van der Waals surface area contributed by atoms with E-state index >= 15 is 0 Å². The van der Waals surface area contributed by atoms with E-state index in [1.54, 1.807) is 6.07 Å². The van der Waals surface area contributed by atoms with Gasteiger partial charge in [-0.25, -0.2) is 0 Å². The number of fused-ring (bicyclic) bond motifs is 1. The predicted molar refractivity (Wildman–Crippen MR) is 70.1 cm³/mol. The van der Waals surface area contributed by atoms with Gasteiger partial charge in [-0.2, -0.15) is 18.3 Å². The number of ether oxygens (including phenoxy) is 1. The van der Waals surface area contributed by atoms with E-state index in [1.165, 1.54) is 6.07 Å². The summed E-state index contributed by atoms with van der Waals surface area (Å²) < 4.78 is 45.2. The van der Waals surface area contributed by atoms with Crippen LogP contribution in [0.3, 0.4) is 0 Å². The first kappa shape index (κ1) is 13.6. The summed E-state index contributed by atoms with van der Waals surface area (Å²) in [6.45, 7) is 0.843. The van der Waals surface area contributed by atoms with Gasteiger partial charge in [0.2, 0.25) is 0 Å². The van der Waals surface area contributed by atoms with Gasteiger partial charge in [0.15, 0.2) is 0 Å². The zero-order valence-electron chi connectivity index (χ0n) is 10.2. The molecule has 2 heterocycles. The highest BCUT2D eigenvalue weighted by molar-refractivity contribution is 9.10. The van der Waals surface area contributed by atoms with Gasteiger partial charge in [-0.3, -0.25) is 5.10 Å². The van der Waals surface area contributed by atoms with Crippen LogP contribution in [0.25, 0.3) is 11.3 Å². The van der Waals surface area contributed by atoms with Crippen molar-refractivity contribution in [2.45, 2.75) is 19.2 Å². The number of hydrogen-bond acceptors (Lipinski definition) is 2. The molecule has 20 heavy (non-hydrogen) atoms. The number of nitrogens with one attached hydrogen (secondary N) is 1. The Kier molecular flexibility index (Phi) is 3.33. The van der Waals surface area contributed by atoms with Crippen molar-refractivity contribution in [3.05, 3.63) is 39.5 Å². The minimum Gasteiger partial charge on any atom is -0.376 e. The third kappa shape index (κ3) is 2.35. The molecule has 0 atom stereocenters. The Hall–Kier alpha value is -1.34. The molecule has 0 aliphatic carbocycles. The number of H-pyrrole nitrogens is 1. The number of alkyl halides is 3. The van der Waals surface area contributed by atoms with Crippen molar-refractivity contribution in [2.24, 2.45) is 0 Å². The lowest BCUT2D eigenvalue weighted by Crippen LogP contribution is -2.11. The van der Waals surface area contributed by atoms with Crippen LogP contribution in [-0.4, -0.2) is 16.8 Å². The number of aromatic amines is 1. The summed E-state index contributed by atoms with van der Waals surface area (Å²) >= 11 is 3.07. The molecule has 0 radical (unpaired) electrons. The van der Waals surface area contributed by atoms with E-state index in [9.17, 15) is 13.2 Å². The molecule has 2 aromatic rings. The SMILES string of the molecule is FC(F)(F)c1cc(Br)ccc1-c1n[nH]c2c1COCC2. The van der Waals surface area contributed by atoms with Crippen LogP contribution in [0.4, 0.5) is 13.2 Å². The summed E-state index contributed by atoms with van der Waals surface area (Å²) in [7, 11) is 0. The summed E-state index contributed by atoms with van der Waals surface area (Å²) in [5, 5.41) is 6.86. The molecule has 0 fully saturated rings. The van der Waals surface area contributed by atoms with Crippen LogP contribution in [0.2, 0.25) is 0 Å². The van der Waals surface area contributed by atoms with Gasteiger partial charge in [-0.05, 0) is 12.1 Å². The van der Waals surface area contributed by atoms with Crippen molar-refractivity contribution in [3.8, 4) is 11.3 Å². The van der Waals surface area contributed by atoms with Gasteiger partial charge >= 0.3 is 6.18 Å². The summed E-state index contributed by atoms with van der Waals surface area (Å²) in [6.07, 6.45) is -3.79. The molecule has 1 aromatic heterocycles. The van der Waals surface area contributed by atoms with E-state index in [0.29, 0.717) is 28.8 Å². The van der Waals surface area contributed by atoms with Gasteiger partial charge in [0, 0.05) is 27.7 Å². The Morgan fingerprint density at radius 1 is 1.30 bits per heavy atom. The third-order valence-electron chi connectivity index (χ3n) is 3.24. The maximum Gasteiger partial charge on any atom is 0.417 e. The van der Waals surface area contributed by atoms with E-state index in [1.807, 2.05) is 0 Å². The Bertz CT molecular complexity index is 652. The maximum atomic E-state index is 13.2. The molecule has 0 saturated carbocycles. The molecule has 7 heteroatoms. The van der Waals surface area contributed by atoms with Gasteiger partial charge < -0.3 is 4.74 Å². The molecule has 0 saturated heterocycles. The van der Waals surface area contributed by atoms with Gasteiger partial charge in [-0.1, -0.05) is 22.0 Å². The second kappa shape index (κ2) is 4.89. The minimum atomic E-state index is -4.43. The predicted octanol–water partition coefficient (Wildman–Crippen LogP) is 3.93. The molecule has 1 N–H and O–H groups in total. The zero-order valence-corrected chi connectivity index (χ0v) is 11.8. The zero-order chi connectivity index (χ0) is 14.3. The first-order valence-electron chi connectivity index (χ1n) is 5.98. The Balaban J connectivity index is 2.17. The number of halogens is 4. The molecule has 1 aliphatic heterocycles. The van der Waals surface area contributed by atoms with Crippen molar-refractivity contribution in [1.82, 2.24) is 10.2 Å². The molecule has 1 aliphatic rings. The summed E-state index contributed by atoms with van der Waals surface area (Å²) in [4.78, 5) is 0. The van der Waals surface area contributed by atoms with E-state index in [4.69, 9.17) is 4.74 Å². The molecular weight excluding hydrogens is 337 g/mol. The van der Waals surface area contributed by atoms with E-state index in [2.05, 4.69) is 26.1 Å². The lowest BCUT2D eigenvalue weighted by Gasteiger charge is -2.15. The number of aromatic nitrogens is 2. The molecule has 106 valence electrons. The summed E-state index contributed by atoms with van der Waals surface area (Å²) in [5.74, 6) is 0. The smallest absolute Gasteiger partial charge is 0.376 e. The second-order valence-corrected chi connectivity index (χ2v) is 5.44. The average Bonchev–Trinajstić information content (AvgIpc) is 2.81. The molecule has 0 spiro atoms. The van der Waals surface area contributed by atoms with Crippen molar-refractivity contribution in [1.29, 1.82) is 0 Å². The Labute approximate surface area is 121 Å². The fraction of sp³-hybridized carbons (Fsp3) is 0.308. The topological polar surface area (TPSA) is 37.9 Å². The van der Waals surface area contributed by atoms with Gasteiger partial charge in [0.05, 0.1) is 24.5 Å². The minimum absolute atomic E-state index is 0.0729. The van der Waals surface area contributed by atoms with Crippen LogP contribution in [0.15, 0.2) is 22.7 Å². The summed E-state index contributed by atoms with van der Waals surface area (Å²) in [6, 6.07) is 4.08. The Morgan fingerprint density at radius 2 is 2.10 bits per heavy atom. The quantitative estimate of drug-likeness (QED) is 0.849. The highest BCUT2D eigenvalue weighted by atomic mass is 79.9. The molecule has 0 amide bonds. The van der Waals surface area contributed by atoms with E-state index in [0.717, 1.165) is 11.8 Å². The normalized spacial score (nSPS) is 15.2. The van der Waals surface area contributed by atoms with Gasteiger partial charge in [-0.15, -0.1) is 0 Å². The number of hydrogen-bond donors (Lipinski definition) is 1. The van der Waals surface area contributed by atoms with Crippen molar-refractivity contribution < 1.29 is 17.9 Å². The Morgan fingerprint density at radius 3 is 2.85 bits per heavy atom. The monoisotopic (exact) mass is 346 g/mol. The van der Waals surface area contributed by atoms with Crippen LogP contribution in [0.1, 0.15) is 16.8 Å². The van der Waals surface area contributed by atoms with Crippen molar-refractivity contribution in [3.63, 3.8) is 0 Å². The molecule has 0 unspecified atom stereocenters. The van der Waals surface area contributed by atoms with Gasteiger partial charge in [0.25, 0.3) is 0 Å². The fourth-order valence-corrected chi connectivity index (χ4v) is 2.65. The lowest BCUT2D eigenvalue weighted by atomic mass is 9.99. The van der Waals surface area contributed by atoms with Crippen LogP contribution >= 0.6 is 15.9 Å². The highest BCUT2D eigenvalue weighted by Crippen LogP contribution is 2.40. The molecule has 3 rings (SSSR count). The van der Waals surface area contributed by atoms with Crippen LogP contribution < -0.4 is 0 Å². The number of rotatable bonds is 1. The second-order valence-electron chi connectivity index (χ2n) is 4.52. The molecular formula is C13H10BrF3N2O. The first-order valence-corrected chi connectivity index (χ1v) is 6.77. The van der Waals surface area contributed by atoms with E-state index in [-0.39, 0.29) is 12.2 Å². The number of benzene rings is 1. The highest BCUT2D eigenvalue weighted by Gasteiger charge is 2.35. The largest absolute Gasteiger partial charge is 0.417 e. The average molecular weight is 347 g/mol. The van der Waals surface area contributed by atoms with E-state index < -0.39 is 11.7 Å². The van der Waals surface area contributed by atoms with Crippen molar-refractivity contribution in [2.75, 3.05) is 6.61 Å². The van der Waals surface area contributed by atoms with Crippen LogP contribution in [0.5, 0.6) is 0 Å². The number of nitrogens with zero attached hydrogens (tertiary/aromatic N) is 1. The molecule has 1 aromatic carbocycles. The first-order chi connectivity index (χ1) is 9.47. The van der Waals surface area contributed by atoms with Crippen LogP contribution in [-0.2, 0) is 23.9 Å². The maximum absolute atomic E-state index is 13.2. The summed E-state index contributed by atoms with van der Waals surface area (Å²) in [5.41, 5.74) is 1.25. The molecule has 3 nitrogen and oxygen atoms in total. The van der Waals surface area contributed by atoms with Crippen molar-refractivity contribution >= 4 is 15.9 Å². The molecule has 0 bridgehead atoms. The standard InChI is InChI=1S/C13H10BrF3N2O/c14-7-1-2-8(10(5-7)13(15,16)17)12-9-6-20-4-3-11(9)18-19-12/h1-2,5H,3-4,6H2,(H,18,19). The van der Waals surface area contributed by atoms with Crippen LogP contribution in [0, 0.1) is 0 Å².